The summed E-state index contributed by atoms with van der Waals surface area (Å²) in [7, 11) is 0. The Kier molecular flexibility index (Phi) is 5.79. The zero-order valence-corrected chi connectivity index (χ0v) is 15.5. The van der Waals surface area contributed by atoms with Gasteiger partial charge in [0.15, 0.2) is 0 Å². The van der Waals surface area contributed by atoms with E-state index in [2.05, 4.69) is 5.32 Å². The number of carboxylic acids is 2. The van der Waals surface area contributed by atoms with Crippen molar-refractivity contribution in [1.29, 1.82) is 0 Å². The van der Waals surface area contributed by atoms with Gasteiger partial charge in [0, 0.05) is 17.3 Å². The van der Waals surface area contributed by atoms with Gasteiger partial charge in [-0.1, -0.05) is 43.9 Å². The summed E-state index contributed by atoms with van der Waals surface area (Å²) in [6, 6.07) is 11.2. The van der Waals surface area contributed by atoms with Crippen LogP contribution in [-0.2, 0) is 0 Å². The van der Waals surface area contributed by atoms with Gasteiger partial charge in [-0.3, -0.25) is 0 Å². The Hall–Kier alpha value is -2.82. The van der Waals surface area contributed by atoms with Gasteiger partial charge in [0.1, 0.15) is 0 Å². The average molecular weight is 367 g/mol. The standard InChI is InChI=1S/C22H25NO4/c1-14-18(21(24)25)12-15(13-19(14)22(26)27)17-10-6-7-11-20(17)23-16-8-4-2-3-5-9-16/h6-7,10-13,16,23H,2-5,8-9H2,1H3,(H,24,25)(H,26,27). The van der Waals surface area contributed by atoms with E-state index in [4.69, 9.17) is 0 Å². The number of aromatic carboxylic acids is 2. The fraction of sp³-hybridized carbons (Fsp3) is 0.364. The van der Waals surface area contributed by atoms with Crippen LogP contribution in [0.25, 0.3) is 11.1 Å². The predicted molar refractivity (Wildman–Crippen MR) is 106 cm³/mol. The molecule has 5 nitrogen and oxygen atoms in total. The van der Waals surface area contributed by atoms with Crippen LogP contribution in [0.1, 0.15) is 64.8 Å². The first-order valence-electron chi connectivity index (χ1n) is 9.44. The Balaban J connectivity index is 2.03. The van der Waals surface area contributed by atoms with Gasteiger partial charge in [-0.05, 0) is 49.1 Å². The van der Waals surface area contributed by atoms with Crippen LogP contribution in [0.15, 0.2) is 36.4 Å². The van der Waals surface area contributed by atoms with E-state index in [1.165, 1.54) is 32.6 Å². The second kappa shape index (κ2) is 8.25. The molecule has 0 amide bonds. The molecule has 142 valence electrons. The number of carbonyl (C=O) groups is 2. The number of para-hydroxylation sites is 1. The van der Waals surface area contributed by atoms with E-state index in [1.54, 1.807) is 12.1 Å². The number of benzene rings is 2. The molecule has 0 radical (unpaired) electrons. The SMILES string of the molecule is Cc1c(C(=O)O)cc(-c2ccccc2NC2CCCCCC2)cc1C(=O)O. The topological polar surface area (TPSA) is 86.6 Å². The first kappa shape index (κ1) is 19.0. The molecule has 0 spiro atoms. The molecule has 0 atom stereocenters. The second-order valence-corrected chi connectivity index (χ2v) is 7.19. The van der Waals surface area contributed by atoms with Crippen molar-refractivity contribution in [3.05, 3.63) is 53.1 Å². The molecule has 0 bridgehead atoms. The molecule has 0 aromatic heterocycles. The van der Waals surface area contributed by atoms with Crippen LogP contribution in [0.3, 0.4) is 0 Å². The number of hydrogen-bond acceptors (Lipinski definition) is 3. The Morgan fingerprint density at radius 3 is 2.04 bits per heavy atom. The Bertz CT molecular complexity index is 816. The van der Waals surface area contributed by atoms with Crippen molar-refractivity contribution < 1.29 is 19.8 Å². The Labute approximate surface area is 159 Å². The molecule has 1 aliphatic rings. The molecule has 1 saturated carbocycles. The summed E-state index contributed by atoms with van der Waals surface area (Å²) in [4.78, 5) is 23.2. The van der Waals surface area contributed by atoms with E-state index in [1.807, 2.05) is 24.3 Å². The molecule has 0 saturated heterocycles. The van der Waals surface area contributed by atoms with Gasteiger partial charge in [0.2, 0.25) is 0 Å². The molecule has 2 aromatic rings. The zero-order chi connectivity index (χ0) is 19.4. The van der Waals surface area contributed by atoms with Crippen LogP contribution in [0.4, 0.5) is 5.69 Å². The molecule has 3 N–H and O–H groups in total. The van der Waals surface area contributed by atoms with E-state index >= 15 is 0 Å². The monoisotopic (exact) mass is 367 g/mol. The van der Waals surface area contributed by atoms with Crippen molar-refractivity contribution in [1.82, 2.24) is 0 Å². The highest BCUT2D eigenvalue weighted by atomic mass is 16.4. The van der Waals surface area contributed by atoms with E-state index in [9.17, 15) is 19.8 Å². The predicted octanol–water partition coefficient (Wildman–Crippen LogP) is 5.19. The summed E-state index contributed by atoms with van der Waals surface area (Å²) in [5.41, 5.74) is 2.66. The summed E-state index contributed by atoms with van der Waals surface area (Å²) < 4.78 is 0. The van der Waals surface area contributed by atoms with Gasteiger partial charge < -0.3 is 15.5 Å². The second-order valence-electron chi connectivity index (χ2n) is 7.19. The van der Waals surface area contributed by atoms with E-state index < -0.39 is 11.9 Å². The number of nitrogens with one attached hydrogen (secondary N) is 1. The molecule has 2 aromatic carbocycles. The highest BCUT2D eigenvalue weighted by molar-refractivity contribution is 5.99. The van der Waals surface area contributed by atoms with E-state index in [0.29, 0.717) is 11.6 Å². The first-order chi connectivity index (χ1) is 13.0. The van der Waals surface area contributed by atoms with Gasteiger partial charge >= 0.3 is 11.9 Å². The van der Waals surface area contributed by atoms with Gasteiger partial charge in [-0.25, -0.2) is 9.59 Å². The van der Waals surface area contributed by atoms with Crippen LogP contribution < -0.4 is 5.32 Å². The lowest BCUT2D eigenvalue weighted by molar-refractivity contribution is 0.0696. The third kappa shape index (κ3) is 4.30. The Morgan fingerprint density at radius 2 is 1.48 bits per heavy atom. The number of carboxylic acid groups (broad SMARTS) is 2. The summed E-state index contributed by atoms with van der Waals surface area (Å²) in [5, 5.41) is 22.6. The first-order valence-corrected chi connectivity index (χ1v) is 9.44. The maximum atomic E-state index is 11.6. The van der Waals surface area contributed by atoms with Crippen molar-refractivity contribution >= 4 is 17.6 Å². The lowest BCUT2D eigenvalue weighted by Crippen LogP contribution is -2.18. The molecule has 3 rings (SSSR count). The number of rotatable bonds is 5. The fourth-order valence-corrected chi connectivity index (χ4v) is 3.82. The largest absolute Gasteiger partial charge is 0.478 e. The molecule has 0 heterocycles. The number of anilines is 1. The maximum Gasteiger partial charge on any atom is 0.335 e. The van der Waals surface area contributed by atoms with E-state index in [0.717, 1.165) is 24.1 Å². The minimum absolute atomic E-state index is 0.0224. The molecule has 1 aliphatic carbocycles. The van der Waals surface area contributed by atoms with Gasteiger partial charge in [-0.2, -0.15) is 0 Å². The molecular formula is C22H25NO4. The van der Waals surface area contributed by atoms with Crippen LogP contribution in [0.2, 0.25) is 0 Å². The van der Waals surface area contributed by atoms with Gasteiger partial charge in [-0.15, -0.1) is 0 Å². The third-order valence-corrected chi connectivity index (χ3v) is 5.32. The quantitative estimate of drug-likeness (QED) is 0.633. The van der Waals surface area contributed by atoms with Gasteiger partial charge in [0.25, 0.3) is 0 Å². The summed E-state index contributed by atoms with van der Waals surface area (Å²) in [6.45, 7) is 1.53. The summed E-state index contributed by atoms with van der Waals surface area (Å²) in [6.07, 6.45) is 7.17. The van der Waals surface area contributed by atoms with Crippen molar-refractivity contribution in [2.45, 2.75) is 51.5 Å². The van der Waals surface area contributed by atoms with Crippen LogP contribution in [0.5, 0.6) is 0 Å². The molecule has 27 heavy (non-hydrogen) atoms. The van der Waals surface area contributed by atoms with Crippen molar-refractivity contribution in [3.63, 3.8) is 0 Å². The van der Waals surface area contributed by atoms with Crippen LogP contribution in [-0.4, -0.2) is 28.2 Å². The molecule has 1 fully saturated rings. The fourth-order valence-electron chi connectivity index (χ4n) is 3.82. The smallest absolute Gasteiger partial charge is 0.335 e. The molecule has 0 unspecified atom stereocenters. The minimum Gasteiger partial charge on any atom is -0.478 e. The van der Waals surface area contributed by atoms with Crippen molar-refractivity contribution in [3.8, 4) is 11.1 Å². The van der Waals surface area contributed by atoms with Crippen LogP contribution >= 0.6 is 0 Å². The van der Waals surface area contributed by atoms with E-state index in [-0.39, 0.29) is 16.7 Å². The van der Waals surface area contributed by atoms with Crippen LogP contribution in [0, 0.1) is 6.92 Å². The minimum atomic E-state index is -1.12. The molecule has 0 aliphatic heterocycles. The highest BCUT2D eigenvalue weighted by Gasteiger charge is 2.20. The maximum absolute atomic E-state index is 11.6. The molecule has 5 heteroatoms. The summed E-state index contributed by atoms with van der Waals surface area (Å²) in [5.74, 6) is -2.24. The zero-order valence-electron chi connectivity index (χ0n) is 15.5. The van der Waals surface area contributed by atoms with Crippen molar-refractivity contribution in [2.24, 2.45) is 0 Å². The Morgan fingerprint density at radius 1 is 0.926 bits per heavy atom. The third-order valence-electron chi connectivity index (χ3n) is 5.32. The molecular weight excluding hydrogens is 342 g/mol. The normalized spacial score (nSPS) is 15.1. The highest BCUT2D eigenvalue weighted by Crippen LogP contribution is 2.33. The lowest BCUT2D eigenvalue weighted by Gasteiger charge is -2.21. The average Bonchev–Trinajstić information content (AvgIpc) is 2.91. The number of hydrogen-bond donors (Lipinski definition) is 3. The van der Waals surface area contributed by atoms with Gasteiger partial charge in [0.05, 0.1) is 11.1 Å². The van der Waals surface area contributed by atoms with Crippen molar-refractivity contribution in [2.75, 3.05) is 5.32 Å². The summed E-state index contributed by atoms with van der Waals surface area (Å²) >= 11 is 0. The lowest BCUT2D eigenvalue weighted by atomic mass is 9.94.